The van der Waals surface area contributed by atoms with Crippen LogP contribution >= 0.6 is 0 Å². The SMILES string of the molecule is CCC(C#N)(C(=O)O)C12CC3CC(CC(C3)C1)C2. The second kappa shape index (κ2) is 3.73. The van der Waals surface area contributed by atoms with Crippen molar-refractivity contribution in [3.63, 3.8) is 0 Å². The van der Waals surface area contributed by atoms with Crippen molar-refractivity contribution in [2.24, 2.45) is 28.6 Å². The molecule has 0 aromatic rings. The first-order valence-corrected chi connectivity index (χ1v) is 7.20. The molecule has 1 unspecified atom stereocenters. The van der Waals surface area contributed by atoms with E-state index in [0.29, 0.717) is 24.2 Å². The molecule has 0 aliphatic heterocycles. The average Bonchev–Trinajstić information content (AvgIpc) is 2.28. The molecule has 3 heteroatoms. The van der Waals surface area contributed by atoms with Crippen molar-refractivity contribution in [1.82, 2.24) is 0 Å². The molecule has 0 radical (unpaired) electrons. The first-order valence-electron chi connectivity index (χ1n) is 7.20. The highest BCUT2D eigenvalue weighted by Gasteiger charge is 2.63. The van der Waals surface area contributed by atoms with Gasteiger partial charge in [0.25, 0.3) is 0 Å². The van der Waals surface area contributed by atoms with Gasteiger partial charge in [0.1, 0.15) is 0 Å². The topological polar surface area (TPSA) is 61.1 Å². The van der Waals surface area contributed by atoms with Gasteiger partial charge in [-0.05, 0) is 62.7 Å². The quantitative estimate of drug-likeness (QED) is 0.833. The number of nitriles is 1. The lowest BCUT2D eigenvalue weighted by atomic mass is 9.42. The van der Waals surface area contributed by atoms with Gasteiger partial charge in [-0.15, -0.1) is 0 Å². The highest BCUT2D eigenvalue weighted by Crippen LogP contribution is 2.66. The fourth-order valence-electron chi connectivity index (χ4n) is 5.63. The van der Waals surface area contributed by atoms with Crippen LogP contribution in [-0.4, -0.2) is 11.1 Å². The summed E-state index contributed by atoms with van der Waals surface area (Å²) in [6.07, 6.45) is 7.23. The summed E-state index contributed by atoms with van der Waals surface area (Å²) in [4.78, 5) is 11.8. The summed E-state index contributed by atoms with van der Waals surface area (Å²) in [5, 5.41) is 19.2. The van der Waals surface area contributed by atoms with Crippen molar-refractivity contribution >= 4 is 5.97 Å². The summed E-state index contributed by atoms with van der Waals surface area (Å²) < 4.78 is 0. The molecule has 1 atom stereocenters. The summed E-state index contributed by atoms with van der Waals surface area (Å²) in [5.74, 6) is 1.19. The number of carbonyl (C=O) groups is 1. The molecule has 4 rings (SSSR count). The van der Waals surface area contributed by atoms with Crippen LogP contribution in [0.5, 0.6) is 0 Å². The molecule has 0 saturated heterocycles. The highest BCUT2D eigenvalue weighted by molar-refractivity contribution is 5.79. The normalized spacial score (nSPS) is 44.3. The Hall–Kier alpha value is -1.04. The minimum Gasteiger partial charge on any atom is -0.480 e. The smallest absolute Gasteiger partial charge is 0.324 e. The van der Waals surface area contributed by atoms with Gasteiger partial charge in [0, 0.05) is 5.41 Å². The summed E-state index contributed by atoms with van der Waals surface area (Å²) in [6.45, 7) is 1.87. The third-order valence-corrected chi connectivity index (χ3v) is 6.03. The number of hydrogen-bond donors (Lipinski definition) is 1. The predicted molar refractivity (Wildman–Crippen MR) is 66.6 cm³/mol. The van der Waals surface area contributed by atoms with E-state index in [9.17, 15) is 15.2 Å². The zero-order chi connectivity index (χ0) is 13.0. The number of carboxylic acid groups (broad SMARTS) is 1. The van der Waals surface area contributed by atoms with Gasteiger partial charge in [0.05, 0.1) is 6.07 Å². The average molecular weight is 247 g/mol. The molecular formula is C15H21NO2. The van der Waals surface area contributed by atoms with Crippen LogP contribution < -0.4 is 0 Å². The van der Waals surface area contributed by atoms with Crippen LogP contribution in [0.3, 0.4) is 0 Å². The lowest BCUT2D eigenvalue weighted by Gasteiger charge is -2.60. The van der Waals surface area contributed by atoms with Gasteiger partial charge in [0.2, 0.25) is 0 Å². The van der Waals surface area contributed by atoms with Crippen molar-refractivity contribution < 1.29 is 9.90 Å². The zero-order valence-corrected chi connectivity index (χ0v) is 11.0. The second-order valence-corrected chi connectivity index (χ2v) is 6.87. The Morgan fingerprint density at radius 2 is 1.72 bits per heavy atom. The van der Waals surface area contributed by atoms with Crippen molar-refractivity contribution in [1.29, 1.82) is 5.26 Å². The van der Waals surface area contributed by atoms with Crippen LogP contribution in [-0.2, 0) is 4.79 Å². The van der Waals surface area contributed by atoms with Crippen molar-refractivity contribution in [3.05, 3.63) is 0 Å². The maximum absolute atomic E-state index is 11.8. The molecule has 1 N–H and O–H groups in total. The van der Waals surface area contributed by atoms with E-state index in [0.717, 1.165) is 19.3 Å². The van der Waals surface area contributed by atoms with Crippen molar-refractivity contribution in [2.75, 3.05) is 0 Å². The largest absolute Gasteiger partial charge is 0.480 e. The van der Waals surface area contributed by atoms with Crippen molar-refractivity contribution in [3.8, 4) is 6.07 Å². The molecule has 0 aromatic heterocycles. The number of nitrogens with zero attached hydrogens (tertiary/aromatic N) is 1. The van der Waals surface area contributed by atoms with E-state index in [-0.39, 0.29) is 5.41 Å². The molecule has 3 nitrogen and oxygen atoms in total. The van der Waals surface area contributed by atoms with Gasteiger partial charge in [-0.1, -0.05) is 6.92 Å². The number of rotatable bonds is 3. The Morgan fingerprint density at radius 1 is 1.28 bits per heavy atom. The lowest BCUT2D eigenvalue weighted by Crippen LogP contribution is -2.56. The third-order valence-electron chi connectivity index (χ3n) is 6.03. The van der Waals surface area contributed by atoms with Crippen LogP contribution in [0.1, 0.15) is 51.9 Å². The van der Waals surface area contributed by atoms with Gasteiger partial charge in [-0.2, -0.15) is 5.26 Å². The number of carboxylic acids is 1. The van der Waals surface area contributed by atoms with E-state index in [4.69, 9.17) is 0 Å². The number of hydrogen-bond acceptors (Lipinski definition) is 2. The molecule has 4 bridgehead atoms. The molecule has 4 aliphatic carbocycles. The van der Waals surface area contributed by atoms with Crippen LogP contribution in [0.15, 0.2) is 0 Å². The Morgan fingerprint density at radius 3 is 2.00 bits per heavy atom. The third kappa shape index (κ3) is 1.32. The molecule has 0 spiro atoms. The van der Waals surface area contributed by atoms with Crippen LogP contribution in [0.2, 0.25) is 0 Å². The fraction of sp³-hybridized carbons (Fsp3) is 0.867. The van der Waals surface area contributed by atoms with E-state index in [1.165, 1.54) is 19.3 Å². The lowest BCUT2D eigenvalue weighted by molar-refractivity contribution is -0.169. The van der Waals surface area contributed by atoms with E-state index >= 15 is 0 Å². The van der Waals surface area contributed by atoms with Gasteiger partial charge in [-0.3, -0.25) is 4.79 Å². The molecule has 98 valence electrons. The van der Waals surface area contributed by atoms with E-state index in [2.05, 4.69) is 6.07 Å². The first kappa shape index (κ1) is 12.0. The fourth-order valence-corrected chi connectivity index (χ4v) is 5.63. The van der Waals surface area contributed by atoms with E-state index in [1.807, 2.05) is 6.92 Å². The Balaban J connectivity index is 2.04. The summed E-state index contributed by atoms with van der Waals surface area (Å²) in [7, 11) is 0. The molecule has 0 amide bonds. The maximum atomic E-state index is 11.8. The predicted octanol–water partition coefficient (Wildman–Crippen LogP) is 3.21. The van der Waals surface area contributed by atoms with Crippen LogP contribution in [0, 0.1) is 39.9 Å². The minimum atomic E-state index is -1.14. The van der Waals surface area contributed by atoms with Gasteiger partial charge in [-0.25, -0.2) is 0 Å². The molecule has 4 saturated carbocycles. The standard InChI is InChI=1S/C15H21NO2/c1-2-15(9-16,13(17)18)14-6-10-3-11(7-14)5-12(4-10)8-14/h10-12H,2-8H2,1H3,(H,17,18). The molecule has 4 aliphatic rings. The van der Waals surface area contributed by atoms with E-state index in [1.54, 1.807) is 0 Å². The Kier molecular flexibility index (Phi) is 2.49. The molecule has 0 aromatic carbocycles. The highest BCUT2D eigenvalue weighted by atomic mass is 16.4. The summed E-state index contributed by atoms with van der Waals surface area (Å²) >= 11 is 0. The monoisotopic (exact) mass is 247 g/mol. The Bertz CT molecular complexity index is 387. The first-order chi connectivity index (χ1) is 8.55. The summed E-state index contributed by atoms with van der Waals surface area (Å²) in [5.41, 5.74) is -1.36. The van der Waals surface area contributed by atoms with Crippen LogP contribution in [0.4, 0.5) is 0 Å². The minimum absolute atomic E-state index is 0.225. The van der Waals surface area contributed by atoms with Crippen molar-refractivity contribution in [2.45, 2.75) is 51.9 Å². The molecule has 0 heterocycles. The maximum Gasteiger partial charge on any atom is 0.324 e. The Labute approximate surface area is 108 Å². The second-order valence-electron chi connectivity index (χ2n) is 6.87. The van der Waals surface area contributed by atoms with E-state index < -0.39 is 11.4 Å². The van der Waals surface area contributed by atoms with Crippen LogP contribution in [0.25, 0.3) is 0 Å². The molecular weight excluding hydrogens is 226 g/mol. The zero-order valence-electron chi connectivity index (χ0n) is 11.0. The number of aliphatic carboxylic acids is 1. The van der Waals surface area contributed by atoms with Gasteiger partial charge in [0.15, 0.2) is 5.41 Å². The molecule has 18 heavy (non-hydrogen) atoms. The summed E-state index contributed by atoms with van der Waals surface area (Å²) in [6, 6.07) is 2.22. The van der Waals surface area contributed by atoms with Gasteiger partial charge < -0.3 is 5.11 Å². The van der Waals surface area contributed by atoms with Gasteiger partial charge >= 0.3 is 5.97 Å². The molecule has 4 fully saturated rings.